The Balaban J connectivity index is 1.49. The third-order valence-corrected chi connectivity index (χ3v) is 4.97. The van der Waals surface area contributed by atoms with Crippen LogP contribution in [0.15, 0.2) is 54.7 Å². The molecule has 0 unspecified atom stereocenters. The van der Waals surface area contributed by atoms with Gasteiger partial charge in [-0.15, -0.1) is 0 Å². The fourth-order valence-electron chi connectivity index (χ4n) is 3.49. The highest BCUT2D eigenvalue weighted by Crippen LogP contribution is 2.29. The minimum Gasteiger partial charge on any atom is -0.338 e. The Kier molecular flexibility index (Phi) is 4.52. The Morgan fingerprint density at radius 2 is 2.04 bits per heavy atom. The third kappa shape index (κ3) is 3.38. The van der Waals surface area contributed by atoms with E-state index >= 15 is 0 Å². The van der Waals surface area contributed by atoms with Crippen LogP contribution in [-0.4, -0.2) is 39.1 Å². The summed E-state index contributed by atoms with van der Waals surface area (Å²) in [5.74, 6) is 0.348. The van der Waals surface area contributed by atoms with Gasteiger partial charge in [-0.3, -0.25) is 14.9 Å². The maximum atomic E-state index is 12.8. The summed E-state index contributed by atoms with van der Waals surface area (Å²) in [4.78, 5) is 19.0. The first-order valence-electron chi connectivity index (χ1n) is 9.03. The number of hydrogen-bond acceptors (Lipinski definition) is 3. The molecule has 3 heterocycles. The lowest BCUT2D eigenvalue weighted by Gasteiger charge is -2.32. The molecule has 132 valence electrons. The molecule has 3 aromatic rings. The summed E-state index contributed by atoms with van der Waals surface area (Å²) in [5, 5.41) is 7.64. The van der Waals surface area contributed by atoms with E-state index in [1.807, 2.05) is 42.2 Å². The average molecular weight is 346 g/mol. The molecule has 1 atom stereocenters. The number of H-pyrrole nitrogens is 1. The molecule has 1 aliphatic rings. The van der Waals surface area contributed by atoms with Crippen LogP contribution < -0.4 is 0 Å². The van der Waals surface area contributed by atoms with Gasteiger partial charge in [0.1, 0.15) is 0 Å². The van der Waals surface area contributed by atoms with E-state index in [1.54, 1.807) is 6.20 Å². The number of amides is 1. The van der Waals surface area contributed by atoms with Crippen LogP contribution in [0, 0.1) is 6.92 Å². The van der Waals surface area contributed by atoms with Gasteiger partial charge in [-0.25, -0.2) is 0 Å². The molecule has 26 heavy (non-hydrogen) atoms. The van der Waals surface area contributed by atoms with E-state index in [4.69, 9.17) is 0 Å². The number of pyridine rings is 1. The van der Waals surface area contributed by atoms with E-state index in [9.17, 15) is 4.79 Å². The lowest BCUT2D eigenvalue weighted by molar-refractivity contribution is 0.0705. The first kappa shape index (κ1) is 16.5. The Morgan fingerprint density at radius 3 is 2.81 bits per heavy atom. The van der Waals surface area contributed by atoms with Gasteiger partial charge in [0.05, 0.1) is 11.3 Å². The zero-order valence-electron chi connectivity index (χ0n) is 14.9. The summed E-state index contributed by atoms with van der Waals surface area (Å²) in [7, 11) is 0. The summed E-state index contributed by atoms with van der Waals surface area (Å²) >= 11 is 0. The molecule has 1 fully saturated rings. The second-order valence-electron chi connectivity index (χ2n) is 6.85. The van der Waals surface area contributed by atoms with E-state index in [2.05, 4.69) is 33.4 Å². The van der Waals surface area contributed by atoms with Gasteiger partial charge in [0, 0.05) is 42.2 Å². The predicted octanol–water partition coefficient (Wildman–Crippen LogP) is 3.80. The van der Waals surface area contributed by atoms with E-state index in [0.29, 0.717) is 12.1 Å². The monoisotopic (exact) mass is 346 g/mol. The van der Waals surface area contributed by atoms with Gasteiger partial charge < -0.3 is 4.90 Å². The normalized spacial score (nSPS) is 17.3. The molecule has 0 bridgehead atoms. The number of carbonyl (C=O) groups is 1. The summed E-state index contributed by atoms with van der Waals surface area (Å²) in [6, 6.07) is 16.0. The number of carbonyl (C=O) groups excluding carboxylic acids is 1. The smallest absolute Gasteiger partial charge is 0.255 e. The van der Waals surface area contributed by atoms with Crippen LogP contribution in [-0.2, 0) is 0 Å². The second kappa shape index (κ2) is 7.12. The lowest BCUT2D eigenvalue weighted by atomic mass is 9.94. The third-order valence-electron chi connectivity index (χ3n) is 4.97. The quantitative estimate of drug-likeness (QED) is 0.785. The highest BCUT2D eigenvalue weighted by Gasteiger charge is 2.27. The largest absolute Gasteiger partial charge is 0.338 e. The number of hydrogen-bond donors (Lipinski definition) is 1. The van der Waals surface area contributed by atoms with Crippen molar-refractivity contribution < 1.29 is 4.79 Å². The van der Waals surface area contributed by atoms with Gasteiger partial charge in [-0.1, -0.05) is 30.3 Å². The number of nitrogens with zero attached hydrogens (tertiary/aromatic N) is 3. The number of aromatic nitrogens is 3. The van der Waals surface area contributed by atoms with Crippen molar-refractivity contribution in [2.45, 2.75) is 25.7 Å². The SMILES string of the molecule is Cc1ccc(C(=O)N2CCC[C@H](c3cc(-c4ccccc4)n[nH]3)C2)cn1. The summed E-state index contributed by atoms with van der Waals surface area (Å²) in [5.41, 5.74) is 4.73. The van der Waals surface area contributed by atoms with Crippen molar-refractivity contribution in [1.82, 2.24) is 20.1 Å². The van der Waals surface area contributed by atoms with Gasteiger partial charge in [-0.2, -0.15) is 5.10 Å². The Bertz CT molecular complexity index is 886. The molecule has 0 radical (unpaired) electrons. The zero-order valence-corrected chi connectivity index (χ0v) is 14.9. The van der Waals surface area contributed by atoms with Crippen LogP contribution in [0.1, 0.15) is 40.5 Å². The summed E-state index contributed by atoms with van der Waals surface area (Å²) in [6.07, 6.45) is 3.73. The molecular formula is C21H22N4O. The first-order chi connectivity index (χ1) is 12.7. The van der Waals surface area contributed by atoms with Crippen molar-refractivity contribution >= 4 is 5.91 Å². The van der Waals surface area contributed by atoms with Gasteiger partial charge in [0.25, 0.3) is 5.91 Å². The van der Waals surface area contributed by atoms with Crippen LogP contribution in [0.4, 0.5) is 0 Å². The summed E-state index contributed by atoms with van der Waals surface area (Å²) in [6.45, 7) is 3.43. The fourth-order valence-corrected chi connectivity index (χ4v) is 3.49. The number of aryl methyl sites for hydroxylation is 1. The van der Waals surface area contributed by atoms with Crippen LogP contribution in [0.5, 0.6) is 0 Å². The van der Waals surface area contributed by atoms with Gasteiger partial charge >= 0.3 is 0 Å². The number of rotatable bonds is 3. The Labute approximate surface area is 153 Å². The molecule has 1 N–H and O–H groups in total. The van der Waals surface area contributed by atoms with Crippen molar-refractivity contribution in [2.24, 2.45) is 0 Å². The van der Waals surface area contributed by atoms with Crippen LogP contribution in [0.3, 0.4) is 0 Å². The number of nitrogens with one attached hydrogen (secondary N) is 1. The van der Waals surface area contributed by atoms with Crippen molar-refractivity contribution in [3.05, 3.63) is 71.7 Å². The molecule has 0 spiro atoms. The molecule has 2 aromatic heterocycles. The second-order valence-corrected chi connectivity index (χ2v) is 6.85. The molecule has 1 aromatic carbocycles. The summed E-state index contributed by atoms with van der Waals surface area (Å²) < 4.78 is 0. The molecule has 1 aliphatic heterocycles. The van der Waals surface area contributed by atoms with Gasteiger partial charge in [0.15, 0.2) is 0 Å². The minimum atomic E-state index is 0.0602. The topological polar surface area (TPSA) is 61.9 Å². The van der Waals surface area contributed by atoms with Crippen molar-refractivity contribution in [1.29, 1.82) is 0 Å². The molecule has 1 saturated heterocycles. The van der Waals surface area contributed by atoms with E-state index in [1.165, 1.54) is 0 Å². The van der Waals surface area contributed by atoms with Crippen molar-refractivity contribution in [2.75, 3.05) is 13.1 Å². The van der Waals surface area contributed by atoms with Gasteiger partial charge in [0.2, 0.25) is 0 Å². The number of aromatic amines is 1. The first-order valence-corrected chi connectivity index (χ1v) is 9.03. The highest BCUT2D eigenvalue weighted by atomic mass is 16.2. The molecule has 4 rings (SSSR count). The Morgan fingerprint density at radius 1 is 1.19 bits per heavy atom. The van der Waals surface area contributed by atoms with Crippen LogP contribution in [0.25, 0.3) is 11.3 Å². The maximum absolute atomic E-state index is 12.8. The number of piperidine rings is 1. The zero-order chi connectivity index (χ0) is 17.9. The minimum absolute atomic E-state index is 0.0602. The van der Waals surface area contributed by atoms with E-state index in [-0.39, 0.29) is 11.8 Å². The van der Waals surface area contributed by atoms with E-state index in [0.717, 1.165) is 42.0 Å². The van der Waals surface area contributed by atoms with Crippen LogP contribution >= 0.6 is 0 Å². The number of likely N-dealkylation sites (tertiary alicyclic amines) is 1. The molecule has 0 saturated carbocycles. The molecule has 1 amide bonds. The molecule has 5 nitrogen and oxygen atoms in total. The van der Waals surface area contributed by atoms with Crippen LogP contribution in [0.2, 0.25) is 0 Å². The predicted molar refractivity (Wildman–Crippen MR) is 101 cm³/mol. The molecule has 0 aliphatic carbocycles. The molecule has 5 heteroatoms. The lowest BCUT2D eigenvalue weighted by Crippen LogP contribution is -2.39. The molecular weight excluding hydrogens is 324 g/mol. The van der Waals surface area contributed by atoms with Gasteiger partial charge in [-0.05, 0) is 38.0 Å². The standard InChI is InChI=1S/C21H22N4O/c1-15-9-10-17(13-22-15)21(26)25-11-5-8-18(14-25)20-12-19(23-24-20)16-6-3-2-4-7-16/h2-4,6-7,9-10,12-13,18H,5,8,11,14H2,1H3,(H,23,24)/t18-/m0/s1. The van der Waals surface area contributed by atoms with E-state index < -0.39 is 0 Å². The van der Waals surface area contributed by atoms with Crippen molar-refractivity contribution in [3.8, 4) is 11.3 Å². The maximum Gasteiger partial charge on any atom is 0.255 e. The average Bonchev–Trinajstić information content (AvgIpc) is 3.19. The van der Waals surface area contributed by atoms with Crippen molar-refractivity contribution in [3.63, 3.8) is 0 Å². The number of benzene rings is 1. The highest BCUT2D eigenvalue weighted by molar-refractivity contribution is 5.94. The fraction of sp³-hybridized carbons (Fsp3) is 0.286. The Hall–Kier alpha value is -2.95.